The van der Waals surface area contributed by atoms with Crippen molar-refractivity contribution in [3.05, 3.63) is 163 Å². The number of anilines is 5. The van der Waals surface area contributed by atoms with Crippen molar-refractivity contribution in [2.45, 2.75) is 6.42 Å². The van der Waals surface area contributed by atoms with Gasteiger partial charge in [-0.05, 0) is 87.6 Å². The Labute approximate surface area is 261 Å². The van der Waals surface area contributed by atoms with E-state index >= 15 is 4.39 Å². The summed E-state index contributed by atoms with van der Waals surface area (Å²) in [6, 6.07) is 52.4. The van der Waals surface area contributed by atoms with Gasteiger partial charge >= 0.3 is 0 Å². The molecule has 0 N–H and O–H groups in total. The van der Waals surface area contributed by atoms with E-state index < -0.39 is 0 Å². The Bertz CT molecular complexity index is 2350. The molecule has 0 saturated heterocycles. The molecule has 2 nitrogen and oxygen atoms in total. The lowest BCUT2D eigenvalue weighted by atomic mass is 9.92. The number of benzene rings is 8. The van der Waals surface area contributed by atoms with E-state index in [2.05, 4.69) is 107 Å². The predicted octanol–water partition coefficient (Wildman–Crippen LogP) is 11.6. The smallest absolute Gasteiger partial charge is 0.131 e. The van der Waals surface area contributed by atoms with E-state index in [1.165, 1.54) is 49.3 Å². The normalized spacial score (nSPS) is 12.8. The molecule has 3 heteroatoms. The van der Waals surface area contributed by atoms with Crippen molar-refractivity contribution in [3.63, 3.8) is 0 Å². The van der Waals surface area contributed by atoms with E-state index in [9.17, 15) is 0 Å². The minimum Gasteiger partial charge on any atom is -0.340 e. The van der Waals surface area contributed by atoms with E-state index in [1.54, 1.807) is 6.07 Å². The maximum atomic E-state index is 15.3. The molecule has 8 aromatic rings. The van der Waals surface area contributed by atoms with E-state index in [0.717, 1.165) is 35.6 Å². The Hall–Kier alpha value is -5.67. The second-order valence-electron chi connectivity index (χ2n) is 11.8. The Balaban J connectivity index is 1.29. The number of para-hydroxylation sites is 2. The number of halogens is 1. The molecule has 1 heterocycles. The van der Waals surface area contributed by atoms with E-state index in [0.29, 0.717) is 5.56 Å². The molecule has 0 aliphatic carbocycles. The van der Waals surface area contributed by atoms with Crippen molar-refractivity contribution in [2.75, 3.05) is 16.3 Å². The van der Waals surface area contributed by atoms with Gasteiger partial charge in [-0.3, -0.25) is 0 Å². The van der Waals surface area contributed by atoms with Gasteiger partial charge in [0, 0.05) is 45.6 Å². The molecule has 1 aliphatic rings. The maximum absolute atomic E-state index is 15.3. The largest absolute Gasteiger partial charge is 0.340 e. The van der Waals surface area contributed by atoms with Crippen molar-refractivity contribution in [1.82, 2.24) is 0 Å². The van der Waals surface area contributed by atoms with Gasteiger partial charge in [-0.1, -0.05) is 103 Å². The molecule has 45 heavy (non-hydrogen) atoms. The minimum atomic E-state index is -0.232. The monoisotopic (exact) mass is 580 g/mol. The average molecular weight is 581 g/mol. The van der Waals surface area contributed by atoms with Gasteiger partial charge in [0.05, 0.1) is 5.69 Å². The summed E-state index contributed by atoms with van der Waals surface area (Å²) in [6.45, 7) is 0.977. The van der Waals surface area contributed by atoms with Gasteiger partial charge in [-0.25, -0.2) is 4.39 Å². The van der Waals surface area contributed by atoms with E-state index in [4.69, 9.17) is 0 Å². The molecule has 1 aliphatic heterocycles. The maximum Gasteiger partial charge on any atom is 0.131 e. The summed E-state index contributed by atoms with van der Waals surface area (Å²) in [6.07, 6.45) is 1.05. The summed E-state index contributed by atoms with van der Waals surface area (Å²) in [4.78, 5) is 4.73. The highest BCUT2D eigenvalue weighted by molar-refractivity contribution is 6.28. The van der Waals surface area contributed by atoms with Crippen LogP contribution in [-0.2, 0) is 6.42 Å². The Morgan fingerprint density at radius 3 is 2.02 bits per heavy atom. The third-order valence-corrected chi connectivity index (χ3v) is 9.34. The summed E-state index contributed by atoms with van der Waals surface area (Å²) in [7, 11) is 0. The molecule has 0 unspecified atom stereocenters. The van der Waals surface area contributed by atoms with Crippen molar-refractivity contribution in [1.29, 1.82) is 0 Å². The standard InChI is InChI=1S/C42H29FN2/c43-37-22-19-33(27-36(37)28-9-3-1-4-10-28)45(32-12-5-2-6-13-32)40-24-18-31-15-20-34-39(44-26-25-29-11-7-8-14-38(29)44)23-17-30-16-21-35(40)42(31)41(30)34/h1-24,27H,25-26H2. The number of hydrogen-bond acceptors (Lipinski definition) is 2. The Morgan fingerprint density at radius 1 is 0.533 bits per heavy atom. The van der Waals surface area contributed by atoms with Gasteiger partial charge in [0.25, 0.3) is 0 Å². The fraction of sp³-hybridized carbons (Fsp3) is 0.0476. The Kier molecular flexibility index (Phi) is 5.85. The lowest BCUT2D eigenvalue weighted by Crippen LogP contribution is -2.13. The first kappa shape index (κ1) is 25.8. The molecule has 214 valence electrons. The van der Waals surface area contributed by atoms with Gasteiger partial charge in [0.1, 0.15) is 5.82 Å². The molecule has 0 aromatic heterocycles. The van der Waals surface area contributed by atoms with Crippen LogP contribution < -0.4 is 9.80 Å². The molecule has 0 spiro atoms. The predicted molar refractivity (Wildman–Crippen MR) is 187 cm³/mol. The summed E-state index contributed by atoms with van der Waals surface area (Å²) in [5.74, 6) is -0.232. The number of hydrogen-bond donors (Lipinski definition) is 0. The van der Waals surface area contributed by atoms with Crippen molar-refractivity contribution in [3.8, 4) is 11.1 Å². The van der Waals surface area contributed by atoms with Gasteiger partial charge in [0.15, 0.2) is 0 Å². The van der Waals surface area contributed by atoms with Crippen LogP contribution in [0.1, 0.15) is 5.56 Å². The molecular weight excluding hydrogens is 551 g/mol. The number of fused-ring (bicyclic) bond motifs is 1. The molecular formula is C42H29FN2. The van der Waals surface area contributed by atoms with Gasteiger partial charge in [0.2, 0.25) is 0 Å². The fourth-order valence-electron chi connectivity index (χ4n) is 7.28. The lowest BCUT2D eigenvalue weighted by molar-refractivity contribution is 0.631. The zero-order valence-corrected chi connectivity index (χ0v) is 24.6. The Morgan fingerprint density at radius 2 is 1.20 bits per heavy atom. The molecule has 0 bridgehead atoms. The quantitative estimate of drug-likeness (QED) is 0.187. The zero-order valence-electron chi connectivity index (χ0n) is 24.6. The third-order valence-electron chi connectivity index (χ3n) is 9.34. The van der Waals surface area contributed by atoms with Crippen LogP contribution in [-0.4, -0.2) is 6.54 Å². The molecule has 0 radical (unpaired) electrons. The van der Waals surface area contributed by atoms with Crippen LogP contribution in [0.5, 0.6) is 0 Å². The summed E-state index contributed by atoms with van der Waals surface area (Å²) < 4.78 is 15.3. The second kappa shape index (κ2) is 10.2. The third kappa shape index (κ3) is 4.08. The second-order valence-corrected chi connectivity index (χ2v) is 11.8. The molecule has 0 atom stereocenters. The SMILES string of the molecule is Fc1ccc(N(c2ccccc2)c2ccc3ccc4c(N5CCc6ccccc65)ccc5ccc2c3c54)cc1-c1ccccc1. The molecule has 9 rings (SSSR count). The first-order chi connectivity index (χ1) is 22.2. The summed E-state index contributed by atoms with van der Waals surface area (Å²) in [5, 5.41) is 7.41. The highest BCUT2D eigenvalue weighted by Gasteiger charge is 2.24. The first-order valence-corrected chi connectivity index (χ1v) is 15.5. The van der Waals surface area contributed by atoms with Crippen LogP contribution in [0.25, 0.3) is 43.4 Å². The van der Waals surface area contributed by atoms with E-state index in [-0.39, 0.29) is 5.82 Å². The van der Waals surface area contributed by atoms with Crippen molar-refractivity contribution in [2.24, 2.45) is 0 Å². The van der Waals surface area contributed by atoms with Gasteiger partial charge in [-0.15, -0.1) is 0 Å². The number of nitrogens with zero attached hydrogens (tertiary/aromatic N) is 2. The lowest BCUT2D eigenvalue weighted by Gasteiger charge is -2.28. The molecule has 0 amide bonds. The minimum absolute atomic E-state index is 0.232. The summed E-state index contributed by atoms with van der Waals surface area (Å²) >= 11 is 0. The van der Waals surface area contributed by atoms with Gasteiger partial charge in [-0.2, -0.15) is 0 Å². The highest BCUT2D eigenvalue weighted by atomic mass is 19.1. The van der Waals surface area contributed by atoms with Crippen molar-refractivity contribution < 1.29 is 4.39 Å². The van der Waals surface area contributed by atoms with Gasteiger partial charge < -0.3 is 9.80 Å². The van der Waals surface area contributed by atoms with Crippen LogP contribution in [0.3, 0.4) is 0 Å². The topological polar surface area (TPSA) is 6.48 Å². The van der Waals surface area contributed by atoms with Crippen LogP contribution in [0.15, 0.2) is 152 Å². The average Bonchev–Trinajstić information content (AvgIpc) is 3.53. The van der Waals surface area contributed by atoms with Crippen LogP contribution in [0, 0.1) is 5.82 Å². The van der Waals surface area contributed by atoms with E-state index in [1.807, 2.05) is 48.5 Å². The van der Waals surface area contributed by atoms with Crippen LogP contribution in [0.4, 0.5) is 32.8 Å². The fourth-order valence-corrected chi connectivity index (χ4v) is 7.28. The van der Waals surface area contributed by atoms with Crippen LogP contribution >= 0.6 is 0 Å². The zero-order chi connectivity index (χ0) is 29.9. The molecule has 0 fully saturated rings. The molecule has 8 aromatic carbocycles. The summed E-state index contributed by atoms with van der Waals surface area (Å²) in [5.41, 5.74) is 8.38. The van der Waals surface area contributed by atoms with Crippen LogP contribution in [0.2, 0.25) is 0 Å². The molecule has 0 saturated carbocycles. The number of rotatable bonds is 5. The van der Waals surface area contributed by atoms with Crippen molar-refractivity contribution >= 4 is 60.8 Å². The highest BCUT2D eigenvalue weighted by Crippen LogP contribution is 2.47. The first-order valence-electron chi connectivity index (χ1n) is 15.5.